The van der Waals surface area contributed by atoms with Gasteiger partial charge in [0.1, 0.15) is 11.5 Å². The first-order valence-corrected chi connectivity index (χ1v) is 13.2. The smallest absolute Gasteiger partial charge is 0.237 e. The Kier molecular flexibility index (Phi) is 8.81. The van der Waals surface area contributed by atoms with Crippen molar-refractivity contribution in [1.82, 2.24) is 14.8 Å². The van der Waals surface area contributed by atoms with E-state index in [0.29, 0.717) is 40.2 Å². The molecule has 4 aromatic rings. The molecular weight excluding hydrogens is 500 g/mol. The monoisotopic (exact) mass is 530 g/mol. The molecule has 0 aliphatic carbocycles. The summed E-state index contributed by atoms with van der Waals surface area (Å²) >= 11 is 1.33. The highest BCUT2D eigenvalue weighted by Crippen LogP contribution is 2.32. The molecule has 2 unspecified atom stereocenters. The zero-order chi connectivity index (χ0) is 27.1. The molecule has 2 atom stereocenters. The van der Waals surface area contributed by atoms with Crippen molar-refractivity contribution in [1.29, 1.82) is 0 Å². The van der Waals surface area contributed by atoms with Crippen molar-refractivity contribution in [2.24, 2.45) is 0 Å². The van der Waals surface area contributed by atoms with E-state index >= 15 is 0 Å². The van der Waals surface area contributed by atoms with Crippen LogP contribution in [-0.2, 0) is 4.79 Å². The second-order valence-electron chi connectivity index (χ2n) is 8.59. The second-order valence-corrected chi connectivity index (χ2v) is 9.76. The predicted octanol–water partition coefficient (Wildman–Crippen LogP) is 6.13. The zero-order valence-corrected chi connectivity index (χ0v) is 22.6. The van der Waals surface area contributed by atoms with Crippen LogP contribution in [0.3, 0.4) is 0 Å². The molecule has 9 heteroatoms. The minimum absolute atomic E-state index is 0.0590. The van der Waals surface area contributed by atoms with Gasteiger partial charge in [-0.25, -0.2) is 0 Å². The fourth-order valence-electron chi connectivity index (χ4n) is 3.86. The van der Waals surface area contributed by atoms with Crippen molar-refractivity contribution in [2.45, 2.75) is 43.7 Å². The maximum Gasteiger partial charge on any atom is 0.237 e. The summed E-state index contributed by atoms with van der Waals surface area (Å²) in [5.74, 6) is 1.71. The van der Waals surface area contributed by atoms with Crippen molar-refractivity contribution in [2.75, 3.05) is 12.4 Å². The van der Waals surface area contributed by atoms with Crippen molar-refractivity contribution in [3.63, 3.8) is 0 Å². The van der Waals surface area contributed by atoms with E-state index in [0.717, 1.165) is 5.69 Å². The number of rotatable bonds is 11. The van der Waals surface area contributed by atoms with Crippen LogP contribution in [0.1, 0.15) is 49.5 Å². The average molecular weight is 531 g/mol. The Morgan fingerprint density at radius 3 is 2.42 bits per heavy atom. The fourth-order valence-corrected chi connectivity index (χ4v) is 4.84. The van der Waals surface area contributed by atoms with Gasteiger partial charge in [0.25, 0.3) is 0 Å². The number of thioether (sulfide) groups is 1. The third-order valence-electron chi connectivity index (χ3n) is 5.84. The summed E-state index contributed by atoms with van der Waals surface area (Å²) in [4.78, 5) is 24.9. The van der Waals surface area contributed by atoms with E-state index in [1.54, 1.807) is 31.4 Å². The van der Waals surface area contributed by atoms with Gasteiger partial charge in [-0.3, -0.25) is 14.2 Å². The second kappa shape index (κ2) is 12.4. The zero-order valence-electron chi connectivity index (χ0n) is 21.8. The minimum atomic E-state index is -0.440. The molecule has 1 aromatic heterocycles. The average Bonchev–Trinajstić information content (AvgIpc) is 3.36. The van der Waals surface area contributed by atoms with Gasteiger partial charge in [-0.2, -0.15) is 0 Å². The van der Waals surface area contributed by atoms with E-state index < -0.39 is 11.4 Å². The van der Waals surface area contributed by atoms with Gasteiger partial charge in [-0.15, -0.1) is 10.2 Å². The number of para-hydroxylation sites is 1. The van der Waals surface area contributed by atoms with E-state index in [1.807, 2.05) is 73.0 Å². The van der Waals surface area contributed by atoms with Gasteiger partial charge in [0.15, 0.2) is 22.9 Å². The Bertz CT molecular complexity index is 1410. The van der Waals surface area contributed by atoms with Gasteiger partial charge in [0.2, 0.25) is 5.91 Å². The van der Waals surface area contributed by atoms with Crippen LogP contribution in [0.4, 0.5) is 5.69 Å². The maximum atomic E-state index is 13.2. The molecule has 0 fully saturated rings. The van der Waals surface area contributed by atoms with Crippen molar-refractivity contribution in [3.8, 4) is 17.2 Å². The molecule has 0 spiro atoms. The molecular formula is C29H30N4O4S. The highest BCUT2D eigenvalue weighted by molar-refractivity contribution is 8.00. The van der Waals surface area contributed by atoms with Gasteiger partial charge in [-0.05, 0) is 56.7 Å². The van der Waals surface area contributed by atoms with Crippen molar-refractivity contribution in [3.05, 3.63) is 90.3 Å². The van der Waals surface area contributed by atoms with Crippen molar-refractivity contribution >= 4 is 29.1 Å². The van der Waals surface area contributed by atoms with E-state index in [-0.39, 0.29) is 11.7 Å². The third-order valence-corrected chi connectivity index (χ3v) is 7.14. The van der Waals surface area contributed by atoms with Gasteiger partial charge < -0.3 is 14.8 Å². The fraction of sp³-hybridized carbons (Fsp3) is 0.241. The number of carbonyl (C=O) groups excluding carboxylic acids is 2. The topological polar surface area (TPSA) is 95.3 Å². The summed E-state index contributed by atoms with van der Waals surface area (Å²) < 4.78 is 13.4. The molecule has 0 aliphatic rings. The normalized spacial score (nSPS) is 12.4. The first-order valence-electron chi connectivity index (χ1n) is 12.3. The quantitative estimate of drug-likeness (QED) is 0.184. The van der Waals surface area contributed by atoms with E-state index in [4.69, 9.17) is 9.47 Å². The molecule has 3 aromatic carbocycles. The lowest BCUT2D eigenvalue weighted by Gasteiger charge is -2.18. The summed E-state index contributed by atoms with van der Waals surface area (Å²) in [5, 5.41) is 12.0. The molecule has 1 heterocycles. The Labute approximate surface area is 226 Å². The van der Waals surface area contributed by atoms with E-state index in [2.05, 4.69) is 15.5 Å². The predicted molar refractivity (Wildman–Crippen MR) is 148 cm³/mol. The van der Waals surface area contributed by atoms with Crippen LogP contribution < -0.4 is 14.8 Å². The van der Waals surface area contributed by atoms with Gasteiger partial charge in [0.05, 0.1) is 12.4 Å². The van der Waals surface area contributed by atoms with Crippen LogP contribution in [0.15, 0.2) is 84.0 Å². The largest absolute Gasteiger partial charge is 0.497 e. The van der Waals surface area contributed by atoms with E-state index in [9.17, 15) is 9.59 Å². The van der Waals surface area contributed by atoms with Crippen LogP contribution in [0.2, 0.25) is 0 Å². The number of amides is 1. The Morgan fingerprint density at radius 1 is 0.974 bits per heavy atom. The lowest BCUT2D eigenvalue weighted by molar-refractivity contribution is -0.115. The number of nitrogens with one attached hydrogen (secondary N) is 1. The highest BCUT2D eigenvalue weighted by atomic mass is 32.2. The molecule has 0 radical (unpaired) electrons. The maximum absolute atomic E-state index is 13.2. The SMILES string of the molecule is CCC(Sc1nnc(C(C)Oc2cccc(OC)c2)n1-c1ccccc1)C(=O)Nc1cccc(C(C)=O)c1. The van der Waals surface area contributed by atoms with Crippen molar-refractivity contribution < 1.29 is 19.1 Å². The molecule has 38 heavy (non-hydrogen) atoms. The molecule has 1 N–H and O–H groups in total. The number of aromatic nitrogens is 3. The number of Topliss-reactive ketones (excluding diaryl/α,β-unsaturated/α-hetero) is 1. The minimum Gasteiger partial charge on any atom is -0.497 e. The van der Waals surface area contributed by atoms with Crippen LogP contribution in [-0.4, -0.2) is 38.8 Å². The lowest BCUT2D eigenvalue weighted by Crippen LogP contribution is -2.25. The number of benzene rings is 3. The first-order chi connectivity index (χ1) is 18.4. The summed E-state index contributed by atoms with van der Waals surface area (Å²) in [6.07, 6.45) is 0.128. The third kappa shape index (κ3) is 6.41. The molecule has 0 bridgehead atoms. The van der Waals surface area contributed by atoms with Crippen LogP contribution in [0, 0.1) is 0 Å². The van der Waals surface area contributed by atoms with Gasteiger partial charge in [-0.1, -0.05) is 55.1 Å². The van der Waals surface area contributed by atoms with Gasteiger partial charge in [0, 0.05) is 23.0 Å². The first kappa shape index (κ1) is 26.9. The summed E-state index contributed by atoms with van der Waals surface area (Å²) in [6, 6.07) is 24.0. The summed E-state index contributed by atoms with van der Waals surface area (Å²) in [6.45, 7) is 5.35. The number of anilines is 1. The summed E-state index contributed by atoms with van der Waals surface area (Å²) in [5.41, 5.74) is 1.98. The lowest BCUT2D eigenvalue weighted by atomic mass is 10.1. The van der Waals surface area contributed by atoms with Crippen LogP contribution in [0.5, 0.6) is 11.5 Å². The Hall–Kier alpha value is -4.11. The number of nitrogens with zero attached hydrogens (tertiary/aromatic N) is 3. The number of ketones is 1. The van der Waals surface area contributed by atoms with Crippen LogP contribution >= 0.6 is 11.8 Å². The number of methoxy groups -OCH3 is 1. The Morgan fingerprint density at radius 2 is 1.71 bits per heavy atom. The number of carbonyl (C=O) groups is 2. The molecule has 0 aliphatic heterocycles. The van der Waals surface area contributed by atoms with E-state index in [1.165, 1.54) is 18.7 Å². The molecule has 8 nitrogen and oxygen atoms in total. The molecule has 0 saturated heterocycles. The highest BCUT2D eigenvalue weighted by Gasteiger charge is 2.26. The standard InChI is InChI=1S/C29H30N4O4S/c1-5-26(28(35)30-22-12-9-11-21(17-22)19(2)34)38-29-32-31-27(33(29)23-13-7-6-8-14-23)20(3)37-25-16-10-15-24(18-25)36-4/h6-18,20,26H,5H2,1-4H3,(H,30,35). The molecule has 196 valence electrons. The Balaban J connectivity index is 1.60. The number of hydrogen-bond acceptors (Lipinski definition) is 7. The van der Waals surface area contributed by atoms with Gasteiger partial charge >= 0.3 is 0 Å². The van der Waals surface area contributed by atoms with Crippen LogP contribution in [0.25, 0.3) is 5.69 Å². The summed E-state index contributed by atoms with van der Waals surface area (Å²) in [7, 11) is 1.61. The molecule has 1 amide bonds. The molecule has 0 saturated carbocycles. The number of ether oxygens (including phenoxy) is 2. The molecule has 4 rings (SSSR count). The number of hydrogen-bond donors (Lipinski definition) is 1.